The van der Waals surface area contributed by atoms with Crippen LogP contribution in [0.3, 0.4) is 0 Å². The lowest BCUT2D eigenvalue weighted by Crippen LogP contribution is -2.23. The first-order valence-electron chi connectivity index (χ1n) is 10.2. The maximum absolute atomic E-state index is 12.3. The Hall–Kier alpha value is -3.65. The SMILES string of the molecule is COc1cccc(CNC(=O)CCc2nnc3ccc(NCc4ccccc4Cl)nn23)c1. The Labute approximate surface area is 190 Å². The zero-order valence-corrected chi connectivity index (χ0v) is 18.3. The first kappa shape index (κ1) is 21.6. The van der Waals surface area contributed by atoms with E-state index in [4.69, 9.17) is 16.3 Å². The highest BCUT2D eigenvalue weighted by molar-refractivity contribution is 6.31. The molecule has 8 nitrogen and oxygen atoms in total. The minimum atomic E-state index is -0.0717. The van der Waals surface area contributed by atoms with E-state index in [0.29, 0.717) is 41.8 Å². The summed E-state index contributed by atoms with van der Waals surface area (Å²) < 4.78 is 6.86. The van der Waals surface area contributed by atoms with E-state index in [1.165, 1.54) is 0 Å². The van der Waals surface area contributed by atoms with E-state index < -0.39 is 0 Å². The molecule has 2 aromatic heterocycles. The molecule has 1 amide bonds. The summed E-state index contributed by atoms with van der Waals surface area (Å²) >= 11 is 6.21. The minimum Gasteiger partial charge on any atom is -0.497 e. The number of methoxy groups -OCH3 is 1. The van der Waals surface area contributed by atoms with E-state index in [-0.39, 0.29) is 12.3 Å². The molecular weight excluding hydrogens is 428 g/mol. The van der Waals surface area contributed by atoms with Gasteiger partial charge in [-0.3, -0.25) is 4.79 Å². The van der Waals surface area contributed by atoms with Crippen molar-refractivity contribution in [3.63, 3.8) is 0 Å². The Morgan fingerprint density at radius 2 is 1.94 bits per heavy atom. The number of hydrogen-bond donors (Lipinski definition) is 2. The van der Waals surface area contributed by atoms with Crippen molar-refractivity contribution < 1.29 is 9.53 Å². The van der Waals surface area contributed by atoms with Crippen LogP contribution in [0, 0.1) is 0 Å². The van der Waals surface area contributed by atoms with Gasteiger partial charge in [-0.05, 0) is 41.5 Å². The van der Waals surface area contributed by atoms with E-state index in [1.54, 1.807) is 11.6 Å². The molecule has 2 N–H and O–H groups in total. The number of rotatable bonds is 9. The Morgan fingerprint density at radius 1 is 1.06 bits per heavy atom. The van der Waals surface area contributed by atoms with E-state index >= 15 is 0 Å². The van der Waals surface area contributed by atoms with Crippen LogP contribution >= 0.6 is 11.6 Å². The standard InChI is InChI=1S/C23H23ClN6O2/c1-32-18-7-4-5-16(13-18)14-26-23(31)12-11-22-28-27-21-10-9-20(29-30(21)22)25-15-17-6-2-3-8-19(17)24/h2-10,13H,11-12,14-15H2,1H3,(H,25,29)(H,26,31). The molecule has 4 aromatic rings. The maximum Gasteiger partial charge on any atom is 0.220 e. The summed E-state index contributed by atoms with van der Waals surface area (Å²) in [6, 6.07) is 18.9. The van der Waals surface area contributed by atoms with Crippen LogP contribution in [0.5, 0.6) is 5.75 Å². The number of nitrogens with one attached hydrogen (secondary N) is 2. The highest BCUT2D eigenvalue weighted by atomic mass is 35.5. The van der Waals surface area contributed by atoms with Crippen molar-refractivity contribution in [3.05, 3.63) is 82.6 Å². The van der Waals surface area contributed by atoms with E-state index in [9.17, 15) is 4.79 Å². The number of aromatic nitrogens is 4. The van der Waals surface area contributed by atoms with E-state index in [0.717, 1.165) is 16.9 Å². The van der Waals surface area contributed by atoms with Crippen molar-refractivity contribution in [2.75, 3.05) is 12.4 Å². The van der Waals surface area contributed by atoms with Gasteiger partial charge in [0.05, 0.1) is 7.11 Å². The second-order valence-corrected chi connectivity index (χ2v) is 7.59. The van der Waals surface area contributed by atoms with Crippen molar-refractivity contribution in [2.45, 2.75) is 25.9 Å². The summed E-state index contributed by atoms with van der Waals surface area (Å²) in [5.74, 6) is 1.98. The molecule has 0 saturated heterocycles. The first-order chi connectivity index (χ1) is 15.6. The van der Waals surface area contributed by atoms with Crippen LogP contribution in [0.1, 0.15) is 23.4 Å². The van der Waals surface area contributed by atoms with Gasteiger partial charge in [0.15, 0.2) is 11.5 Å². The number of fused-ring (bicyclic) bond motifs is 1. The van der Waals surface area contributed by atoms with Crippen LogP contribution in [0.4, 0.5) is 5.82 Å². The summed E-state index contributed by atoms with van der Waals surface area (Å²) in [4.78, 5) is 12.3. The second-order valence-electron chi connectivity index (χ2n) is 7.18. The molecule has 0 atom stereocenters. The van der Waals surface area contributed by atoms with Gasteiger partial charge in [-0.15, -0.1) is 15.3 Å². The van der Waals surface area contributed by atoms with Crippen LogP contribution < -0.4 is 15.4 Å². The molecule has 2 heterocycles. The van der Waals surface area contributed by atoms with Gasteiger partial charge in [0.1, 0.15) is 11.6 Å². The van der Waals surface area contributed by atoms with Gasteiger partial charge in [0, 0.05) is 31.0 Å². The molecule has 9 heteroatoms. The predicted molar refractivity (Wildman–Crippen MR) is 123 cm³/mol. The average molecular weight is 451 g/mol. The third-order valence-electron chi connectivity index (χ3n) is 4.94. The molecular formula is C23H23ClN6O2. The number of ether oxygens (including phenoxy) is 1. The Balaban J connectivity index is 1.35. The van der Waals surface area contributed by atoms with Gasteiger partial charge >= 0.3 is 0 Å². The number of carbonyl (C=O) groups excluding carboxylic acids is 1. The average Bonchev–Trinajstić information content (AvgIpc) is 3.23. The fourth-order valence-electron chi connectivity index (χ4n) is 3.21. The molecule has 4 rings (SSSR count). The fraction of sp³-hybridized carbons (Fsp3) is 0.217. The van der Waals surface area contributed by atoms with Crippen LogP contribution in [0.2, 0.25) is 5.02 Å². The highest BCUT2D eigenvalue weighted by Gasteiger charge is 2.11. The van der Waals surface area contributed by atoms with Gasteiger partial charge in [-0.25, -0.2) is 0 Å². The molecule has 32 heavy (non-hydrogen) atoms. The quantitative estimate of drug-likeness (QED) is 0.404. The molecule has 2 aromatic carbocycles. The lowest BCUT2D eigenvalue weighted by Gasteiger charge is -2.08. The van der Waals surface area contributed by atoms with Gasteiger partial charge < -0.3 is 15.4 Å². The largest absolute Gasteiger partial charge is 0.497 e. The smallest absolute Gasteiger partial charge is 0.220 e. The Kier molecular flexibility index (Phi) is 6.81. The number of aryl methyl sites for hydroxylation is 1. The lowest BCUT2D eigenvalue weighted by molar-refractivity contribution is -0.121. The third-order valence-corrected chi connectivity index (χ3v) is 5.31. The van der Waals surface area contributed by atoms with Crippen molar-refractivity contribution in [1.82, 2.24) is 25.1 Å². The number of hydrogen-bond acceptors (Lipinski definition) is 6. The number of nitrogens with zero attached hydrogens (tertiary/aromatic N) is 4. The van der Waals surface area contributed by atoms with Crippen molar-refractivity contribution in [3.8, 4) is 5.75 Å². The second kappa shape index (κ2) is 10.1. The molecule has 0 bridgehead atoms. The van der Waals surface area contributed by atoms with Crippen LogP contribution in [-0.2, 0) is 24.3 Å². The van der Waals surface area contributed by atoms with Gasteiger partial charge in [-0.2, -0.15) is 4.52 Å². The molecule has 0 saturated carbocycles. The van der Waals surface area contributed by atoms with Crippen molar-refractivity contribution in [2.24, 2.45) is 0 Å². The normalized spacial score (nSPS) is 10.8. The monoisotopic (exact) mass is 450 g/mol. The lowest BCUT2D eigenvalue weighted by atomic mass is 10.2. The molecule has 0 unspecified atom stereocenters. The molecule has 0 aliphatic heterocycles. The number of anilines is 1. The zero-order chi connectivity index (χ0) is 22.3. The van der Waals surface area contributed by atoms with E-state index in [1.807, 2.05) is 60.7 Å². The zero-order valence-electron chi connectivity index (χ0n) is 17.6. The van der Waals surface area contributed by atoms with Crippen LogP contribution in [0.25, 0.3) is 5.65 Å². The first-order valence-corrected chi connectivity index (χ1v) is 10.6. The molecule has 0 fully saturated rings. The number of carbonyl (C=O) groups is 1. The molecule has 0 aliphatic rings. The number of halogens is 1. The summed E-state index contributed by atoms with van der Waals surface area (Å²) in [7, 11) is 1.62. The third kappa shape index (κ3) is 5.33. The minimum absolute atomic E-state index is 0.0717. The Bertz CT molecular complexity index is 1230. The summed E-state index contributed by atoms with van der Waals surface area (Å²) in [6.45, 7) is 0.979. The van der Waals surface area contributed by atoms with Gasteiger partial charge in [0.25, 0.3) is 0 Å². The van der Waals surface area contributed by atoms with Gasteiger partial charge in [0.2, 0.25) is 5.91 Å². The summed E-state index contributed by atoms with van der Waals surface area (Å²) in [5.41, 5.74) is 2.58. The number of benzene rings is 2. The summed E-state index contributed by atoms with van der Waals surface area (Å²) in [6.07, 6.45) is 0.704. The molecule has 0 spiro atoms. The highest BCUT2D eigenvalue weighted by Crippen LogP contribution is 2.17. The van der Waals surface area contributed by atoms with Crippen LogP contribution in [-0.4, -0.2) is 32.8 Å². The molecule has 0 aliphatic carbocycles. The summed E-state index contributed by atoms with van der Waals surface area (Å²) in [5, 5.41) is 19.8. The van der Waals surface area contributed by atoms with Gasteiger partial charge in [-0.1, -0.05) is 41.9 Å². The van der Waals surface area contributed by atoms with E-state index in [2.05, 4.69) is 25.9 Å². The van der Waals surface area contributed by atoms with Crippen molar-refractivity contribution in [1.29, 1.82) is 0 Å². The fourth-order valence-corrected chi connectivity index (χ4v) is 3.41. The maximum atomic E-state index is 12.3. The molecule has 0 radical (unpaired) electrons. The topological polar surface area (TPSA) is 93.4 Å². The molecule has 164 valence electrons. The van der Waals surface area contributed by atoms with Crippen molar-refractivity contribution >= 4 is 29.0 Å². The predicted octanol–water partition coefficient (Wildman–Crippen LogP) is 3.65. The number of amides is 1. The van der Waals surface area contributed by atoms with Crippen LogP contribution in [0.15, 0.2) is 60.7 Å². The Morgan fingerprint density at radius 3 is 2.78 bits per heavy atom.